The SMILES string of the molecule is CCCCCCCC(C)(CCCC)c1ccsc1. The van der Waals surface area contributed by atoms with Gasteiger partial charge in [-0.15, -0.1) is 0 Å². The molecule has 104 valence electrons. The van der Waals surface area contributed by atoms with Crippen LogP contribution in [-0.4, -0.2) is 0 Å². The number of unbranched alkanes of at least 4 members (excludes halogenated alkanes) is 5. The highest BCUT2D eigenvalue weighted by molar-refractivity contribution is 7.08. The van der Waals surface area contributed by atoms with Crippen LogP contribution in [-0.2, 0) is 5.41 Å². The second kappa shape index (κ2) is 8.74. The van der Waals surface area contributed by atoms with E-state index in [9.17, 15) is 0 Å². The molecule has 18 heavy (non-hydrogen) atoms. The van der Waals surface area contributed by atoms with Crippen LogP contribution in [0.5, 0.6) is 0 Å². The highest BCUT2D eigenvalue weighted by atomic mass is 32.1. The maximum Gasteiger partial charge on any atom is -0.00557 e. The van der Waals surface area contributed by atoms with Crippen molar-refractivity contribution in [1.29, 1.82) is 0 Å². The van der Waals surface area contributed by atoms with E-state index < -0.39 is 0 Å². The first-order chi connectivity index (χ1) is 8.73. The van der Waals surface area contributed by atoms with E-state index in [-0.39, 0.29) is 0 Å². The molecule has 0 fully saturated rings. The predicted octanol–water partition coefficient (Wildman–Crippen LogP) is 6.56. The molecule has 0 saturated heterocycles. The Balaban J connectivity index is 2.45. The molecule has 0 saturated carbocycles. The molecule has 1 heteroatoms. The normalized spacial score (nSPS) is 14.6. The minimum atomic E-state index is 0.433. The van der Waals surface area contributed by atoms with Crippen LogP contribution in [0.15, 0.2) is 16.8 Å². The Morgan fingerprint density at radius 1 is 0.944 bits per heavy atom. The third-order valence-corrected chi connectivity index (χ3v) is 4.82. The average molecular weight is 266 g/mol. The van der Waals surface area contributed by atoms with Crippen LogP contribution in [0, 0.1) is 0 Å². The van der Waals surface area contributed by atoms with Crippen molar-refractivity contribution >= 4 is 11.3 Å². The Hall–Kier alpha value is -0.300. The van der Waals surface area contributed by atoms with Crippen molar-refractivity contribution in [3.63, 3.8) is 0 Å². The number of hydrogen-bond donors (Lipinski definition) is 0. The maximum absolute atomic E-state index is 2.48. The third kappa shape index (κ3) is 5.14. The van der Waals surface area contributed by atoms with Gasteiger partial charge in [0.2, 0.25) is 0 Å². The smallest absolute Gasteiger partial charge is 0.00557 e. The highest BCUT2D eigenvalue weighted by Crippen LogP contribution is 2.36. The van der Waals surface area contributed by atoms with Gasteiger partial charge >= 0.3 is 0 Å². The summed E-state index contributed by atoms with van der Waals surface area (Å²) in [6.45, 7) is 7.07. The molecular formula is C17H30S. The molecule has 0 aliphatic heterocycles. The molecule has 1 unspecified atom stereocenters. The van der Waals surface area contributed by atoms with E-state index in [4.69, 9.17) is 0 Å². The van der Waals surface area contributed by atoms with E-state index in [0.29, 0.717) is 5.41 Å². The molecule has 1 rings (SSSR count). The molecule has 1 aromatic heterocycles. The summed E-state index contributed by atoms with van der Waals surface area (Å²) in [5.74, 6) is 0. The lowest BCUT2D eigenvalue weighted by Crippen LogP contribution is -2.21. The van der Waals surface area contributed by atoms with Gasteiger partial charge in [0, 0.05) is 0 Å². The van der Waals surface area contributed by atoms with E-state index in [1.165, 1.54) is 57.8 Å². The van der Waals surface area contributed by atoms with Crippen LogP contribution >= 0.6 is 11.3 Å². The fourth-order valence-corrected chi connectivity index (χ4v) is 3.52. The van der Waals surface area contributed by atoms with Crippen LogP contribution in [0.2, 0.25) is 0 Å². The van der Waals surface area contributed by atoms with Gasteiger partial charge in [-0.1, -0.05) is 65.7 Å². The molecule has 1 aromatic rings. The summed E-state index contributed by atoms with van der Waals surface area (Å²) < 4.78 is 0. The Morgan fingerprint density at radius 2 is 1.61 bits per heavy atom. The highest BCUT2D eigenvalue weighted by Gasteiger charge is 2.25. The standard InChI is InChI=1S/C17H30S/c1-4-6-8-9-10-13-17(3,12-7-5-2)16-11-14-18-15-16/h11,14-15H,4-10,12-13H2,1-3H3. The van der Waals surface area contributed by atoms with E-state index in [1.807, 2.05) is 11.3 Å². The zero-order valence-electron chi connectivity index (χ0n) is 12.5. The molecular weight excluding hydrogens is 236 g/mol. The molecule has 0 spiro atoms. The van der Waals surface area contributed by atoms with Crippen molar-refractivity contribution in [3.8, 4) is 0 Å². The molecule has 0 aliphatic rings. The van der Waals surface area contributed by atoms with Gasteiger partial charge in [-0.05, 0) is 40.6 Å². The van der Waals surface area contributed by atoms with Gasteiger partial charge in [-0.2, -0.15) is 11.3 Å². The molecule has 0 aliphatic carbocycles. The van der Waals surface area contributed by atoms with Crippen molar-refractivity contribution in [3.05, 3.63) is 22.4 Å². The van der Waals surface area contributed by atoms with E-state index in [2.05, 4.69) is 37.6 Å². The van der Waals surface area contributed by atoms with Crippen LogP contribution < -0.4 is 0 Å². The Labute approximate surface area is 118 Å². The fraction of sp³-hybridized carbons (Fsp3) is 0.765. The van der Waals surface area contributed by atoms with Gasteiger partial charge in [-0.3, -0.25) is 0 Å². The molecule has 1 atom stereocenters. The summed E-state index contributed by atoms with van der Waals surface area (Å²) in [7, 11) is 0. The number of thiophene rings is 1. The van der Waals surface area contributed by atoms with E-state index in [0.717, 1.165) is 0 Å². The van der Waals surface area contributed by atoms with Crippen molar-refractivity contribution in [1.82, 2.24) is 0 Å². The topological polar surface area (TPSA) is 0 Å². The van der Waals surface area contributed by atoms with Crippen LogP contribution in [0.25, 0.3) is 0 Å². The third-order valence-electron chi connectivity index (χ3n) is 4.13. The van der Waals surface area contributed by atoms with E-state index in [1.54, 1.807) is 5.56 Å². The number of hydrogen-bond acceptors (Lipinski definition) is 1. The van der Waals surface area contributed by atoms with Gasteiger partial charge in [0.15, 0.2) is 0 Å². The average Bonchev–Trinajstić information content (AvgIpc) is 2.90. The first-order valence-electron chi connectivity index (χ1n) is 7.75. The lowest BCUT2D eigenvalue weighted by atomic mass is 9.75. The summed E-state index contributed by atoms with van der Waals surface area (Å²) in [5.41, 5.74) is 2.01. The molecule has 0 aromatic carbocycles. The van der Waals surface area contributed by atoms with Gasteiger partial charge in [0.25, 0.3) is 0 Å². The van der Waals surface area contributed by atoms with Crippen molar-refractivity contribution in [2.75, 3.05) is 0 Å². The first-order valence-corrected chi connectivity index (χ1v) is 8.70. The van der Waals surface area contributed by atoms with Crippen LogP contribution in [0.4, 0.5) is 0 Å². The maximum atomic E-state index is 2.48. The zero-order chi connectivity index (χ0) is 13.3. The van der Waals surface area contributed by atoms with Crippen molar-refractivity contribution in [2.45, 2.75) is 84.0 Å². The van der Waals surface area contributed by atoms with Gasteiger partial charge in [0.05, 0.1) is 0 Å². The molecule has 0 nitrogen and oxygen atoms in total. The predicted molar refractivity (Wildman–Crippen MR) is 84.6 cm³/mol. The number of rotatable bonds is 10. The minimum absolute atomic E-state index is 0.433. The fourth-order valence-electron chi connectivity index (χ4n) is 2.71. The summed E-state index contributed by atoms with van der Waals surface area (Å²) in [5, 5.41) is 4.60. The van der Waals surface area contributed by atoms with Crippen LogP contribution in [0.1, 0.15) is 84.1 Å². The van der Waals surface area contributed by atoms with Gasteiger partial charge < -0.3 is 0 Å². The summed E-state index contributed by atoms with van der Waals surface area (Å²) >= 11 is 1.85. The van der Waals surface area contributed by atoms with Gasteiger partial charge in [0.1, 0.15) is 0 Å². The molecule has 0 N–H and O–H groups in total. The molecule has 0 radical (unpaired) electrons. The largest absolute Gasteiger partial charge is 0.152 e. The Kier molecular flexibility index (Phi) is 7.65. The summed E-state index contributed by atoms with van der Waals surface area (Å²) in [6, 6.07) is 2.34. The first kappa shape index (κ1) is 15.8. The molecule has 0 amide bonds. The summed E-state index contributed by atoms with van der Waals surface area (Å²) in [6.07, 6.45) is 12.4. The zero-order valence-corrected chi connectivity index (χ0v) is 13.3. The van der Waals surface area contributed by atoms with Crippen molar-refractivity contribution in [2.24, 2.45) is 0 Å². The second-order valence-corrected chi connectivity index (χ2v) is 6.62. The monoisotopic (exact) mass is 266 g/mol. The quantitative estimate of drug-likeness (QED) is 0.421. The minimum Gasteiger partial charge on any atom is -0.152 e. The van der Waals surface area contributed by atoms with Crippen molar-refractivity contribution < 1.29 is 0 Å². The lowest BCUT2D eigenvalue weighted by molar-refractivity contribution is 0.369. The lowest BCUT2D eigenvalue weighted by Gasteiger charge is -2.29. The van der Waals surface area contributed by atoms with Gasteiger partial charge in [-0.25, -0.2) is 0 Å². The Morgan fingerprint density at radius 3 is 2.22 bits per heavy atom. The molecule has 1 heterocycles. The summed E-state index contributed by atoms with van der Waals surface area (Å²) in [4.78, 5) is 0. The van der Waals surface area contributed by atoms with E-state index >= 15 is 0 Å². The second-order valence-electron chi connectivity index (χ2n) is 5.84. The Bertz CT molecular complexity index is 289. The molecule has 0 bridgehead atoms. The van der Waals surface area contributed by atoms with Crippen LogP contribution in [0.3, 0.4) is 0 Å².